The molecule has 2 aromatic carbocycles. The first-order valence-corrected chi connectivity index (χ1v) is 11.1. The largest absolute Gasteiger partial charge is 0.372 e. The minimum absolute atomic E-state index is 0.688. The quantitative estimate of drug-likeness (QED) is 0.671. The van der Waals surface area contributed by atoms with Crippen LogP contribution in [0.1, 0.15) is 22.3 Å². The highest BCUT2D eigenvalue weighted by molar-refractivity contribution is 6.81. The van der Waals surface area contributed by atoms with E-state index in [2.05, 4.69) is 73.9 Å². The summed E-state index contributed by atoms with van der Waals surface area (Å²) in [6, 6.07) is 17.3. The van der Waals surface area contributed by atoms with Crippen LogP contribution in [-0.4, -0.2) is 8.07 Å². The van der Waals surface area contributed by atoms with Crippen LogP contribution in [0, 0.1) is 0 Å². The van der Waals surface area contributed by atoms with Gasteiger partial charge in [-0.05, 0) is 27.8 Å². The van der Waals surface area contributed by atoms with Crippen molar-refractivity contribution in [1.29, 1.82) is 0 Å². The smallest absolute Gasteiger partial charge is 0.0727 e. The third kappa shape index (κ3) is 3.17. The van der Waals surface area contributed by atoms with Crippen molar-refractivity contribution in [2.45, 2.75) is 32.9 Å². The lowest BCUT2D eigenvalue weighted by Crippen LogP contribution is -2.18. The molecule has 2 aromatic rings. The minimum Gasteiger partial charge on any atom is -0.372 e. The van der Waals surface area contributed by atoms with Gasteiger partial charge in [0.05, 0.1) is 21.3 Å². The second kappa shape index (κ2) is 5.62. The third-order valence-corrected chi connectivity index (χ3v) is 4.86. The Bertz CT molecular complexity index is 630. The molecular formula is C19H22OSi. The van der Waals surface area contributed by atoms with Gasteiger partial charge in [0.2, 0.25) is 0 Å². The van der Waals surface area contributed by atoms with E-state index in [1.54, 1.807) is 0 Å². The fourth-order valence-electron chi connectivity index (χ4n) is 2.82. The number of rotatable bonds is 1. The van der Waals surface area contributed by atoms with E-state index in [1.807, 2.05) is 0 Å². The van der Waals surface area contributed by atoms with Crippen LogP contribution in [0.3, 0.4) is 0 Å². The molecule has 0 radical (unpaired) electrons. The summed E-state index contributed by atoms with van der Waals surface area (Å²) in [5.41, 5.74) is 9.14. The number of ether oxygens (including phenoxy) is 1. The zero-order chi connectivity index (χ0) is 14.9. The van der Waals surface area contributed by atoms with E-state index in [1.165, 1.54) is 27.8 Å². The lowest BCUT2D eigenvalue weighted by molar-refractivity contribution is 0.106. The molecule has 0 saturated heterocycles. The number of benzene rings is 2. The van der Waals surface area contributed by atoms with Gasteiger partial charge in [-0.3, -0.25) is 0 Å². The Hall–Kier alpha value is -1.64. The van der Waals surface area contributed by atoms with Gasteiger partial charge in [-0.15, -0.1) is 0 Å². The first-order chi connectivity index (χ1) is 10.0. The zero-order valence-corrected chi connectivity index (χ0v) is 14.0. The van der Waals surface area contributed by atoms with E-state index in [9.17, 15) is 0 Å². The van der Waals surface area contributed by atoms with Crippen LogP contribution in [0.5, 0.6) is 0 Å². The highest BCUT2D eigenvalue weighted by Crippen LogP contribution is 2.33. The fraction of sp³-hybridized carbons (Fsp3) is 0.263. The number of hydrogen-bond acceptors (Lipinski definition) is 1. The van der Waals surface area contributed by atoms with E-state index in [0.29, 0.717) is 13.2 Å². The Morgan fingerprint density at radius 2 is 1.29 bits per heavy atom. The first-order valence-electron chi connectivity index (χ1n) is 7.52. The van der Waals surface area contributed by atoms with Gasteiger partial charge in [0.1, 0.15) is 0 Å². The van der Waals surface area contributed by atoms with Crippen molar-refractivity contribution in [3.8, 4) is 0 Å². The Morgan fingerprint density at radius 1 is 0.810 bits per heavy atom. The summed E-state index contributed by atoms with van der Waals surface area (Å²) in [6.45, 7) is 8.54. The van der Waals surface area contributed by atoms with Gasteiger partial charge >= 0.3 is 0 Å². The first kappa shape index (κ1) is 14.3. The predicted molar refractivity (Wildman–Crippen MR) is 91.8 cm³/mol. The Kier molecular flexibility index (Phi) is 3.83. The van der Waals surface area contributed by atoms with E-state index in [-0.39, 0.29) is 0 Å². The Labute approximate surface area is 128 Å². The van der Waals surface area contributed by atoms with Crippen LogP contribution in [0.15, 0.2) is 54.2 Å². The molecule has 0 fully saturated rings. The average molecular weight is 294 g/mol. The Morgan fingerprint density at radius 3 is 1.76 bits per heavy atom. The number of hydrogen-bond donors (Lipinski definition) is 0. The maximum absolute atomic E-state index is 5.89. The van der Waals surface area contributed by atoms with Crippen molar-refractivity contribution in [3.05, 3.63) is 76.5 Å². The van der Waals surface area contributed by atoms with E-state index in [4.69, 9.17) is 4.74 Å². The average Bonchev–Trinajstić information content (AvgIpc) is 2.43. The van der Waals surface area contributed by atoms with E-state index >= 15 is 0 Å². The molecule has 1 nitrogen and oxygen atoms in total. The molecule has 0 N–H and O–H groups in total. The molecule has 0 saturated carbocycles. The fourth-order valence-corrected chi connectivity index (χ4v) is 4.00. The second-order valence-corrected chi connectivity index (χ2v) is 11.8. The highest BCUT2D eigenvalue weighted by atomic mass is 28.3. The highest BCUT2D eigenvalue weighted by Gasteiger charge is 2.19. The molecule has 0 spiro atoms. The third-order valence-electron chi connectivity index (χ3n) is 3.71. The minimum atomic E-state index is -1.32. The van der Waals surface area contributed by atoms with Crippen molar-refractivity contribution in [2.24, 2.45) is 0 Å². The molecule has 108 valence electrons. The molecule has 21 heavy (non-hydrogen) atoms. The molecule has 2 heteroatoms. The molecule has 0 bridgehead atoms. The van der Waals surface area contributed by atoms with Crippen molar-refractivity contribution in [2.75, 3.05) is 0 Å². The SMILES string of the molecule is C[Si](C)(C)C=C1c2ccccc2COCc2ccccc21. The van der Waals surface area contributed by atoms with Gasteiger partial charge in [0, 0.05) is 0 Å². The summed E-state index contributed by atoms with van der Waals surface area (Å²) in [4.78, 5) is 0. The second-order valence-electron chi connectivity index (χ2n) is 6.73. The lowest BCUT2D eigenvalue weighted by atomic mass is 9.91. The standard InChI is InChI=1S/C19H22OSi/c1-21(2,3)14-19-17-10-6-4-8-15(17)12-20-13-16-9-5-7-11-18(16)19/h4-11,14H,12-13H2,1-3H3. The number of fused-ring (bicyclic) bond motifs is 2. The van der Waals surface area contributed by atoms with Crippen molar-refractivity contribution in [3.63, 3.8) is 0 Å². The molecule has 3 rings (SSSR count). The predicted octanol–water partition coefficient (Wildman–Crippen LogP) is 5.03. The van der Waals surface area contributed by atoms with Crippen LogP contribution in [-0.2, 0) is 18.0 Å². The van der Waals surface area contributed by atoms with Crippen LogP contribution < -0.4 is 0 Å². The monoisotopic (exact) mass is 294 g/mol. The summed E-state index contributed by atoms with van der Waals surface area (Å²) < 4.78 is 5.89. The van der Waals surface area contributed by atoms with E-state index in [0.717, 1.165) is 0 Å². The molecule has 1 aliphatic heterocycles. The van der Waals surface area contributed by atoms with Gasteiger partial charge in [-0.25, -0.2) is 0 Å². The molecule has 1 aliphatic rings. The van der Waals surface area contributed by atoms with Gasteiger partial charge in [0.25, 0.3) is 0 Å². The van der Waals surface area contributed by atoms with Crippen LogP contribution in [0.4, 0.5) is 0 Å². The molecular weight excluding hydrogens is 272 g/mol. The van der Waals surface area contributed by atoms with Crippen molar-refractivity contribution in [1.82, 2.24) is 0 Å². The molecule has 1 heterocycles. The van der Waals surface area contributed by atoms with E-state index < -0.39 is 8.07 Å². The molecule has 0 atom stereocenters. The molecule has 0 aromatic heterocycles. The summed E-state index contributed by atoms with van der Waals surface area (Å²) in [5, 5.41) is 0. The van der Waals surface area contributed by atoms with Gasteiger partial charge in [0.15, 0.2) is 0 Å². The summed E-state index contributed by atoms with van der Waals surface area (Å²) in [6.07, 6.45) is 0. The van der Waals surface area contributed by atoms with Crippen LogP contribution in [0.25, 0.3) is 5.57 Å². The summed E-state index contributed by atoms with van der Waals surface area (Å²) in [5.74, 6) is 0. The normalized spacial score (nSPS) is 14.7. The van der Waals surface area contributed by atoms with Gasteiger partial charge in [-0.2, -0.15) is 0 Å². The lowest BCUT2D eigenvalue weighted by Gasteiger charge is -2.23. The van der Waals surface area contributed by atoms with Gasteiger partial charge < -0.3 is 4.74 Å². The molecule has 0 amide bonds. The maximum Gasteiger partial charge on any atom is 0.0727 e. The molecule has 0 unspecified atom stereocenters. The van der Waals surface area contributed by atoms with Crippen LogP contribution >= 0.6 is 0 Å². The molecule has 0 aliphatic carbocycles. The van der Waals surface area contributed by atoms with Crippen molar-refractivity contribution < 1.29 is 4.74 Å². The van der Waals surface area contributed by atoms with Crippen molar-refractivity contribution >= 4 is 13.6 Å². The Balaban J connectivity index is 2.27. The summed E-state index contributed by atoms with van der Waals surface area (Å²) >= 11 is 0. The maximum atomic E-state index is 5.89. The van der Waals surface area contributed by atoms with Crippen LogP contribution in [0.2, 0.25) is 19.6 Å². The zero-order valence-electron chi connectivity index (χ0n) is 13.0. The topological polar surface area (TPSA) is 9.23 Å². The summed E-state index contributed by atoms with van der Waals surface area (Å²) in [7, 11) is -1.32. The van der Waals surface area contributed by atoms with Gasteiger partial charge in [-0.1, -0.05) is 73.9 Å².